The monoisotopic (exact) mass is 390 g/mol. The van der Waals surface area contributed by atoms with Crippen molar-refractivity contribution in [1.82, 2.24) is 15.5 Å². The van der Waals surface area contributed by atoms with E-state index in [4.69, 9.17) is 9.47 Å². The SMILES string of the molecule is CCNC(=NCC(=O)NCCc1ccccc1)N1CCC(COCCOC)C1. The number of amides is 1. The second kappa shape index (κ2) is 13.1. The van der Waals surface area contributed by atoms with Crippen molar-refractivity contribution in [2.24, 2.45) is 10.9 Å². The predicted octanol–water partition coefficient (Wildman–Crippen LogP) is 1.30. The fourth-order valence-corrected chi connectivity index (χ4v) is 3.17. The van der Waals surface area contributed by atoms with E-state index in [0.29, 0.717) is 25.7 Å². The average Bonchev–Trinajstić information content (AvgIpc) is 3.18. The maximum absolute atomic E-state index is 12.1. The molecule has 0 radical (unpaired) electrons. The van der Waals surface area contributed by atoms with Gasteiger partial charge in [-0.1, -0.05) is 30.3 Å². The molecule has 1 aliphatic rings. The van der Waals surface area contributed by atoms with Crippen LogP contribution in [0.1, 0.15) is 18.9 Å². The van der Waals surface area contributed by atoms with E-state index in [9.17, 15) is 4.79 Å². The van der Waals surface area contributed by atoms with Gasteiger partial charge in [0.05, 0.1) is 19.8 Å². The molecule has 1 aliphatic heterocycles. The molecule has 0 aromatic heterocycles. The third kappa shape index (κ3) is 8.27. The Kier molecular flexibility index (Phi) is 10.4. The molecular weight excluding hydrogens is 356 g/mol. The van der Waals surface area contributed by atoms with Gasteiger partial charge in [-0.25, -0.2) is 4.99 Å². The number of methoxy groups -OCH3 is 1. The lowest BCUT2D eigenvalue weighted by molar-refractivity contribution is -0.119. The first kappa shape index (κ1) is 22.2. The normalized spacial score (nSPS) is 17.0. The van der Waals surface area contributed by atoms with Gasteiger partial charge in [-0.2, -0.15) is 0 Å². The Bertz CT molecular complexity index is 595. The van der Waals surface area contributed by atoms with Crippen LogP contribution in [-0.2, 0) is 20.7 Å². The number of benzene rings is 1. The summed E-state index contributed by atoms with van der Waals surface area (Å²) in [6.07, 6.45) is 1.90. The molecule has 1 heterocycles. The van der Waals surface area contributed by atoms with Crippen LogP contribution in [0.5, 0.6) is 0 Å². The van der Waals surface area contributed by atoms with Crippen molar-refractivity contribution in [3.63, 3.8) is 0 Å². The molecule has 156 valence electrons. The predicted molar refractivity (Wildman–Crippen MR) is 112 cm³/mol. The minimum Gasteiger partial charge on any atom is -0.382 e. The average molecular weight is 391 g/mol. The summed E-state index contributed by atoms with van der Waals surface area (Å²) in [5, 5.41) is 6.24. The Morgan fingerprint density at radius 1 is 1.25 bits per heavy atom. The van der Waals surface area contributed by atoms with Crippen molar-refractivity contribution in [2.45, 2.75) is 19.8 Å². The summed E-state index contributed by atoms with van der Waals surface area (Å²) in [6, 6.07) is 10.1. The van der Waals surface area contributed by atoms with Crippen LogP contribution < -0.4 is 10.6 Å². The maximum Gasteiger partial charge on any atom is 0.241 e. The standard InChI is InChI=1S/C21H34N4O3/c1-3-22-21(25-12-10-19(16-25)17-28-14-13-27-2)24-15-20(26)23-11-9-18-7-5-4-6-8-18/h4-8,19H,3,9-17H2,1-2H3,(H,22,24)(H,23,26). The van der Waals surface area contributed by atoms with Gasteiger partial charge >= 0.3 is 0 Å². The third-order valence-corrected chi connectivity index (χ3v) is 4.66. The van der Waals surface area contributed by atoms with Crippen LogP contribution in [0, 0.1) is 5.92 Å². The molecule has 7 nitrogen and oxygen atoms in total. The highest BCUT2D eigenvalue weighted by molar-refractivity contribution is 5.85. The van der Waals surface area contributed by atoms with E-state index < -0.39 is 0 Å². The Labute approximate surface area is 168 Å². The number of aliphatic imine (C=N–C) groups is 1. The van der Waals surface area contributed by atoms with Gasteiger partial charge in [0, 0.05) is 39.2 Å². The van der Waals surface area contributed by atoms with Crippen LogP contribution in [0.15, 0.2) is 35.3 Å². The topological polar surface area (TPSA) is 75.2 Å². The zero-order chi connectivity index (χ0) is 20.0. The summed E-state index contributed by atoms with van der Waals surface area (Å²) >= 11 is 0. The first-order valence-electron chi connectivity index (χ1n) is 10.1. The molecule has 7 heteroatoms. The van der Waals surface area contributed by atoms with Crippen molar-refractivity contribution in [3.05, 3.63) is 35.9 Å². The number of nitrogens with one attached hydrogen (secondary N) is 2. The van der Waals surface area contributed by atoms with Crippen LogP contribution >= 0.6 is 0 Å². The quantitative estimate of drug-likeness (QED) is 0.338. The van der Waals surface area contributed by atoms with Gasteiger partial charge in [-0.15, -0.1) is 0 Å². The minimum atomic E-state index is -0.0509. The molecule has 1 aromatic carbocycles. The van der Waals surface area contributed by atoms with Crippen LogP contribution in [0.2, 0.25) is 0 Å². The van der Waals surface area contributed by atoms with Gasteiger partial charge in [-0.3, -0.25) is 4.79 Å². The fourth-order valence-electron chi connectivity index (χ4n) is 3.17. The molecule has 0 saturated carbocycles. The van der Waals surface area contributed by atoms with Gasteiger partial charge in [0.1, 0.15) is 6.54 Å². The number of carbonyl (C=O) groups is 1. The summed E-state index contributed by atoms with van der Waals surface area (Å²) in [7, 11) is 1.68. The molecule has 1 amide bonds. The van der Waals surface area contributed by atoms with Crippen LogP contribution in [-0.4, -0.2) is 76.4 Å². The summed E-state index contributed by atoms with van der Waals surface area (Å²) in [5.41, 5.74) is 1.22. The zero-order valence-corrected chi connectivity index (χ0v) is 17.2. The molecule has 0 spiro atoms. The number of likely N-dealkylation sites (tertiary alicyclic amines) is 1. The molecule has 1 fully saturated rings. The molecule has 2 N–H and O–H groups in total. The Morgan fingerprint density at radius 3 is 2.82 bits per heavy atom. The molecule has 2 rings (SSSR count). The van der Waals surface area contributed by atoms with E-state index in [1.54, 1.807) is 7.11 Å². The zero-order valence-electron chi connectivity index (χ0n) is 17.2. The highest BCUT2D eigenvalue weighted by Crippen LogP contribution is 2.16. The summed E-state index contributed by atoms with van der Waals surface area (Å²) in [6.45, 7) is 7.40. The number of hydrogen-bond donors (Lipinski definition) is 2. The third-order valence-electron chi connectivity index (χ3n) is 4.66. The van der Waals surface area contributed by atoms with Gasteiger partial charge in [0.25, 0.3) is 0 Å². The van der Waals surface area contributed by atoms with E-state index in [1.807, 2.05) is 25.1 Å². The second-order valence-corrected chi connectivity index (χ2v) is 6.92. The van der Waals surface area contributed by atoms with Crippen LogP contribution in [0.25, 0.3) is 0 Å². The highest BCUT2D eigenvalue weighted by Gasteiger charge is 2.25. The molecule has 0 aliphatic carbocycles. The number of carbonyl (C=O) groups excluding carboxylic acids is 1. The Balaban J connectivity index is 1.72. The summed E-state index contributed by atoms with van der Waals surface area (Å²) in [5.74, 6) is 1.24. The summed E-state index contributed by atoms with van der Waals surface area (Å²) < 4.78 is 10.7. The van der Waals surface area contributed by atoms with E-state index in [2.05, 4.69) is 32.7 Å². The second-order valence-electron chi connectivity index (χ2n) is 6.92. The maximum atomic E-state index is 12.1. The first-order valence-corrected chi connectivity index (χ1v) is 10.1. The Morgan fingerprint density at radius 2 is 2.07 bits per heavy atom. The molecule has 1 atom stereocenters. The number of hydrogen-bond acceptors (Lipinski definition) is 4. The molecule has 0 bridgehead atoms. The number of ether oxygens (including phenoxy) is 2. The van der Waals surface area contributed by atoms with Gasteiger partial charge < -0.3 is 25.0 Å². The number of guanidine groups is 1. The fraction of sp³-hybridized carbons (Fsp3) is 0.619. The van der Waals surface area contributed by atoms with Crippen molar-refractivity contribution in [2.75, 3.05) is 59.7 Å². The lowest BCUT2D eigenvalue weighted by Crippen LogP contribution is -2.41. The van der Waals surface area contributed by atoms with Gasteiger partial charge in [0.2, 0.25) is 5.91 Å². The highest BCUT2D eigenvalue weighted by atomic mass is 16.5. The van der Waals surface area contributed by atoms with Crippen molar-refractivity contribution in [3.8, 4) is 0 Å². The van der Waals surface area contributed by atoms with Crippen molar-refractivity contribution < 1.29 is 14.3 Å². The molecular formula is C21H34N4O3. The van der Waals surface area contributed by atoms with E-state index >= 15 is 0 Å². The van der Waals surface area contributed by atoms with E-state index in [1.165, 1.54) is 5.56 Å². The summed E-state index contributed by atoms with van der Waals surface area (Å²) in [4.78, 5) is 18.9. The van der Waals surface area contributed by atoms with Crippen LogP contribution in [0.4, 0.5) is 0 Å². The molecule has 28 heavy (non-hydrogen) atoms. The van der Waals surface area contributed by atoms with Gasteiger partial charge in [-0.05, 0) is 25.3 Å². The first-order chi connectivity index (χ1) is 13.7. The van der Waals surface area contributed by atoms with Crippen LogP contribution in [0.3, 0.4) is 0 Å². The number of nitrogens with zero attached hydrogens (tertiary/aromatic N) is 2. The smallest absolute Gasteiger partial charge is 0.241 e. The molecule has 1 aromatic rings. The van der Waals surface area contributed by atoms with Crippen molar-refractivity contribution >= 4 is 11.9 Å². The lowest BCUT2D eigenvalue weighted by atomic mass is 10.1. The minimum absolute atomic E-state index is 0.0509. The lowest BCUT2D eigenvalue weighted by Gasteiger charge is -2.21. The Hall–Kier alpha value is -2.12. The van der Waals surface area contributed by atoms with Crippen molar-refractivity contribution in [1.29, 1.82) is 0 Å². The number of rotatable bonds is 11. The van der Waals surface area contributed by atoms with Gasteiger partial charge in [0.15, 0.2) is 5.96 Å². The molecule has 1 saturated heterocycles. The van der Waals surface area contributed by atoms with E-state index in [0.717, 1.165) is 45.0 Å². The largest absolute Gasteiger partial charge is 0.382 e. The van der Waals surface area contributed by atoms with E-state index in [-0.39, 0.29) is 12.5 Å². The molecule has 1 unspecified atom stereocenters.